The van der Waals surface area contributed by atoms with E-state index in [-0.39, 0.29) is 12.5 Å². The Balaban J connectivity index is 1.55. The zero-order chi connectivity index (χ0) is 17.6. The van der Waals surface area contributed by atoms with Crippen LogP contribution >= 0.6 is 11.8 Å². The second-order valence-electron chi connectivity index (χ2n) is 5.58. The molecule has 0 spiro atoms. The van der Waals surface area contributed by atoms with Crippen molar-refractivity contribution in [2.45, 2.75) is 11.4 Å². The summed E-state index contributed by atoms with van der Waals surface area (Å²) in [5, 5.41) is 6.96. The molecule has 1 N–H and O–H groups in total. The topological polar surface area (TPSA) is 71.5 Å². The molecule has 2 aromatic heterocycles. The fourth-order valence-electron chi connectivity index (χ4n) is 2.44. The third-order valence-corrected chi connectivity index (χ3v) is 4.35. The number of carbonyl (C=O) groups is 1. The van der Waals surface area contributed by atoms with Crippen molar-refractivity contribution in [2.75, 3.05) is 25.2 Å². The van der Waals surface area contributed by atoms with Gasteiger partial charge in [-0.05, 0) is 37.6 Å². The smallest absolute Gasteiger partial charge is 0.238 e. The second-order valence-corrected chi connectivity index (χ2v) is 6.43. The molecule has 0 aliphatic carbocycles. The molecule has 0 radical (unpaired) electrons. The molecule has 6 nitrogen and oxygen atoms in total. The van der Waals surface area contributed by atoms with E-state index in [0.29, 0.717) is 18.1 Å². The van der Waals surface area contributed by atoms with E-state index < -0.39 is 0 Å². The zero-order valence-corrected chi connectivity index (χ0v) is 14.9. The normalized spacial score (nSPS) is 11.0. The zero-order valence-electron chi connectivity index (χ0n) is 14.1. The Labute approximate surface area is 150 Å². The number of furan rings is 1. The first kappa shape index (κ1) is 17.3. The van der Waals surface area contributed by atoms with E-state index >= 15 is 0 Å². The van der Waals surface area contributed by atoms with Crippen molar-refractivity contribution < 1.29 is 13.7 Å². The van der Waals surface area contributed by atoms with E-state index in [1.54, 1.807) is 24.1 Å². The first-order valence-electron chi connectivity index (χ1n) is 7.76. The summed E-state index contributed by atoms with van der Waals surface area (Å²) in [6, 6.07) is 13.2. The van der Waals surface area contributed by atoms with Crippen LogP contribution in [0.2, 0.25) is 0 Å². The van der Waals surface area contributed by atoms with Gasteiger partial charge in [-0.25, -0.2) is 0 Å². The molecule has 3 rings (SSSR count). The molecule has 25 heavy (non-hydrogen) atoms. The molecular weight excluding hydrogens is 338 g/mol. The Hall–Kier alpha value is -2.51. The molecule has 2 heterocycles. The number of nitrogens with zero attached hydrogens (tertiary/aromatic N) is 2. The number of para-hydroxylation sites is 1. The number of thioether (sulfide) groups is 1. The van der Waals surface area contributed by atoms with Crippen LogP contribution in [0.4, 0.5) is 5.69 Å². The fraction of sp³-hybridized carbons (Fsp3) is 0.222. The summed E-state index contributed by atoms with van der Waals surface area (Å²) in [5.74, 6) is 1.14. The van der Waals surface area contributed by atoms with E-state index in [0.717, 1.165) is 16.3 Å². The highest BCUT2D eigenvalue weighted by atomic mass is 32.2. The van der Waals surface area contributed by atoms with Gasteiger partial charge in [-0.3, -0.25) is 9.69 Å². The maximum Gasteiger partial charge on any atom is 0.238 e. The first-order valence-corrected chi connectivity index (χ1v) is 8.99. The lowest BCUT2D eigenvalue weighted by atomic mass is 10.3. The summed E-state index contributed by atoms with van der Waals surface area (Å²) in [7, 11) is 1.86. The van der Waals surface area contributed by atoms with Crippen LogP contribution in [0.15, 0.2) is 62.6 Å². The van der Waals surface area contributed by atoms with Gasteiger partial charge in [0.1, 0.15) is 0 Å². The number of benzene rings is 1. The van der Waals surface area contributed by atoms with Gasteiger partial charge in [-0.2, -0.15) is 0 Å². The first-order chi connectivity index (χ1) is 12.2. The minimum Gasteiger partial charge on any atom is -0.461 e. The van der Waals surface area contributed by atoms with Crippen molar-refractivity contribution >= 4 is 23.4 Å². The molecule has 3 aromatic rings. The van der Waals surface area contributed by atoms with E-state index in [1.165, 1.54) is 0 Å². The van der Waals surface area contributed by atoms with Crippen molar-refractivity contribution in [3.05, 3.63) is 54.4 Å². The van der Waals surface area contributed by atoms with Crippen LogP contribution in [0.5, 0.6) is 0 Å². The van der Waals surface area contributed by atoms with E-state index in [4.69, 9.17) is 8.94 Å². The Morgan fingerprint density at radius 1 is 1.24 bits per heavy atom. The van der Waals surface area contributed by atoms with Crippen molar-refractivity contribution in [3.8, 4) is 11.5 Å². The third kappa shape index (κ3) is 4.52. The van der Waals surface area contributed by atoms with Gasteiger partial charge in [-0.1, -0.05) is 17.3 Å². The van der Waals surface area contributed by atoms with Gasteiger partial charge in [-0.15, -0.1) is 11.8 Å². The Morgan fingerprint density at radius 2 is 2.08 bits per heavy atom. The standard InChI is InChI=1S/C18H19N3O3S/c1-21(11-13-10-16(24-20-13)15-7-5-9-23-15)12-18(22)19-14-6-3-4-8-17(14)25-2/h3-10H,11-12H2,1-2H3,(H,19,22). The number of nitrogens with one attached hydrogen (secondary N) is 1. The SMILES string of the molecule is CSc1ccccc1NC(=O)CN(C)Cc1cc(-c2ccco2)on1. The molecule has 1 amide bonds. The summed E-state index contributed by atoms with van der Waals surface area (Å²) in [6.07, 6.45) is 3.57. The highest BCUT2D eigenvalue weighted by Crippen LogP contribution is 2.24. The average Bonchev–Trinajstić information content (AvgIpc) is 3.26. The number of rotatable bonds is 7. The van der Waals surface area contributed by atoms with Gasteiger partial charge < -0.3 is 14.3 Å². The molecule has 0 saturated heterocycles. The van der Waals surface area contributed by atoms with Gasteiger partial charge in [0.15, 0.2) is 5.76 Å². The summed E-state index contributed by atoms with van der Waals surface area (Å²) >= 11 is 1.60. The van der Waals surface area contributed by atoms with Crippen LogP contribution in [0, 0.1) is 0 Å². The maximum atomic E-state index is 12.3. The van der Waals surface area contributed by atoms with Crippen LogP contribution < -0.4 is 5.32 Å². The van der Waals surface area contributed by atoms with Crippen molar-refractivity contribution in [1.82, 2.24) is 10.1 Å². The Bertz CT molecular complexity index is 830. The number of likely N-dealkylation sites (N-methyl/N-ethyl adjacent to an activating group) is 1. The lowest BCUT2D eigenvalue weighted by Gasteiger charge is -2.15. The van der Waals surface area contributed by atoms with E-state index in [9.17, 15) is 4.79 Å². The Morgan fingerprint density at radius 3 is 2.84 bits per heavy atom. The number of aromatic nitrogens is 1. The molecule has 0 bridgehead atoms. The summed E-state index contributed by atoms with van der Waals surface area (Å²) < 4.78 is 10.5. The molecule has 0 aliphatic rings. The van der Waals surface area contributed by atoms with Crippen LogP contribution in [0.1, 0.15) is 5.69 Å². The molecular formula is C18H19N3O3S. The van der Waals surface area contributed by atoms with Crippen molar-refractivity contribution in [1.29, 1.82) is 0 Å². The number of amides is 1. The highest BCUT2D eigenvalue weighted by molar-refractivity contribution is 7.98. The monoisotopic (exact) mass is 357 g/mol. The number of hydrogen-bond donors (Lipinski definition) is 1. The van der Waals surface area contributed by atoms with Crippen molar-refractivity contribution in [2.24, 2.45) is 0 Å². The van der Waals surface area contributed by atoms with Crippen LogP contribution in [-0.2, 0) is 11.3 Å². The second kappa shape index (κ2) is 8.04. The fourth-order valence-corrected chi connectivity index (χ4v) is 2.99. The molecule has 0 fully saturated rings. The van der Waals surface area contributed by atoms with Gasteiger partial charge in [0.25, 0.3) is 0 Å². The molecule has 7 heteroatoms. The summed E-state index contributed by atoms with van der Waals surface area (Å²) in [5.41, 5.74) is 1.57. The molecule has 130 valence electrons. The summed E-state index contributed by atoms with van der Waals surface area (Å²) in [4.78, 5) is 15.2. The maximum absolute atomic E-state index is 12.3. The summed E-state index contributed by atoms with van der Waals surface area (Å²) in [6.45, 7) is 0.757. The van der Waals surface area contributed by atoms with Crippen LogP contribution in [-0.4, -0.2) is 35.8 Å². The molecule has 0 atom stereocenters. The average molecular weight is 357 g/mol. The quantitative estimate of drug-likeness (QED) is 0.650. The lowest BCUT2D eigenvalue weighted by Crippen LogP contribution is -2.30. The van der Waals surface area contributed by atoms with E-state index in [1.807, 2.05) is 54.6 Å². The van der Waals surface area contributed by atoms with Gasteiger partial charge in [0, 0.05) is 17.5 Å². The van der Waals surface area contributed by atoms with Gasteiger partial charge in [0.05, 0.1) is 24.2 Å². The molecule has 0 unspecified atom stereocenters. The van der Waals surface area contributed by atoms with Gasteiger partial charge >= 0.3 is 0 Å². The largest absolute Gasteiger partial charge is 0.461 e. The lowest BCUT2D eigenvalue weighted by molar-refractivity contribution is -0.117. The minimum absolute atomic E-state index is 0.0706. The highest BCUT2D eigenvalue weighted by Gasteiger charge is 2.13. The van der Waals surface area contributed by atoms with Crippen LogP contribution in [0.3, 0.4) is 0 Å². The number of anilines is 1. The van der Waals surface area contributed by atoms with Gasteiger partial charge in [0.2, 0.25) is 11.7 Å². The van der Waals surface area contributed by atoms with Crippen molar-refractivity contribution in [3.63, 3.8) is 0 Å². The molecule has 1 aromatic carbocycles. The minimum atomic E-state index is -0.0706. The predicted octanol–water partition coefficient (Wildman–Crippen LogP) is 3.73. The molecule has 0 aliphatic heterocycles. The van der Waals surface area contributed by atoms with E-state index in [2.05, 4.69) is 10.5 Å². The predicted molar refractivity (Wildman–Crippen MR) is 97.4 cm³/mol. The number of hydrogen-bond acceptors (Lipinski definition) is 6. The third-order valence-electron chi connectivity index (χ3n) is 3.55. The number of carbonyl (C=O) groups excluding carboxylic acids is 1. The van der Waals surface area contributed by atoms with Crippen LogP contribution in [0.25, 0.3) is 11.5 Å². The Kier molecular flexibility index (Phi) is 5.57. The molecule has 0 saturated carbocycles.